The first-order valence-electron chi connectivity index (χ1n) is 11.9. The van der Waals surface area contributed by atoms with Gasteiger partial charge in [-0.25, -0.2) is 18.1 Å². The predicted molar refractivity (Wildman–Crippen MR) is 150 cm³/mol. The van der Waals surface area contributed by atoms with Crippen LogP contribution in [0.2, 0.25) is 0 Å². The lowest BCUT2D eigenvalue weighted by atomic mass is 10.1. The van der Waals surface area contributed by atoms with Crippen LogP contribution in [0.1, 0.15) is 19.4 Å². The largest absolute Gasteiger partial charge is 0.480 e. The lowest BCUT2D eigenvalue weighted by Crippen LogP contribution is -2.39. The number of fused-ring (bicyclic) bond motifs is 1. The van der Waals surface area contributed by atoms with Crippen molar-refractivity contribution < 1.29 is 13.5 Å². The predicted octanol–water partition coefficient (Wildman–Crippen LogP) is 4.44. The average Bonchev–Trinajstić information content (AvgIpc) is 3.27. The summed E-state index contributed by atoms with van der Waals surface area (Å²) in [6.45, 7) is 2.47. The van der Waals surface area contributed by atoms with E-state index in [0.29, 0.717) is 17.8 Å². The molecule has 4 rings (SSSR count). The van der Waals surface area contributed by atoms with Gasteiger partial charge in [0, 0.05) is 28.7 Å². The molecule has 2 N–H and O–H groups in total. The number of allylic oxidation sites excluding steroid dienone is 4. The highest BCUT2D eigenvalue weighted by molar-refractivity contribution is 7.22. The van der Waals surface area contributed by atoms with Gasteiger partial charge in [-0.1, -0.05) is 18.2 Å². The third kappa shape index (κ3) is 5.38. The summed E-state index contributed by atoms with van der Waals surface area (Å²) in [6, 6.07) is 10.0. The zero-order chi connectivity index (χ0) is 28.4. The van der Waals surface area contributed by atoms with Crippen molar-refractivity contribution in [3.05, 3.63) is 86.1 Å². The van der Waals surface area contributed by atoms with E-state index >= 15 is 0 Å². The van der Waals surface area contributed by atoms with Gasteiger partial charge in [-0.3, -0.25) is 9.36 Å². The Bertz CT molecular complexity index is 1700. The average molecular weight is 555 g/mol. The van der Waals surface area contributed by atoms with Crippen molar-refractivity contribution in [3.63, 3.8) is 0 Å². The number of nitrogen functional groups attached to an aromatic ring is 1. The molecule has 39 heavy (non-hydrogen) atoms. The molecule has 0 aliphatic heterocycles. The normalized spacial score (nSPS) is 12.8. The second kappa shape index (κ2) is 11.3. The summed E-state index contributed by atoms with van der Waals surface area (Å²) in [7, 11) is 5.12. The fourth-order valence-corrected chi connectivity index (χ4v) is 5.47. The summed E-state index contributed by atoms with van der Waals surface area (Å²) in [4.78, 5) is 30.8. The number of nitrogens with two attached hydrogens (primary N) is 1. The van der Waals surface area contributed by atoms with Crippen LogP contribution in [0.4, 0.5) is 14.5 Å². The van der Waals surface area contributed by atoms with Gasteiger partial charge in [0.1, 0.15) is 16.5 Å². The minimum atomic E-state index is -0.809. The topological polar surface area (TPSA) is 108 Å². The van der Waals surface area contributed by atoms with Crippen molar-refractivity contribution >= 4 is 27.2 Å². The lowest BCUT2D eigenvalue weighted by molar-refractivity contribution is 0.391. The van der Waals surface area contributed by atoms with Crippen molar-refractivity contribution in [2.24, 2.45) is 0 Å². The number of aromatic nitrogens is 4. The maximum atomic E-state index is 14.7. The molecule has 0 aliphatic carbocycles. The van der Waals surface area contributed by atoms with Gasteiger partial charge in [0.25, 0.3) is 5.56 Å². The Morgan fingerprint density at radius 3 is 2.36 bits per heavy atom. The Labute approximate surface area is 227 Å². The molecule has 0 atom stereocenters. The standard InChI is InChI=1S/C27H28F2N6O3S/c1-6-20(29)18(15(2)28)14-34-26-23(25(36)35(27(34)37)21-11-12-22(38-5)32-31-21)19(13-33(3)4)24(39-26)16-7-9-17(30)10-8-16/h6-12H,13-14,30H2,1-5H3. The summed E-state index contributed by atoms with van der Waals surface area (Å²) >= 11 is 1.20. The van der Waals surface area contributed by atoms with Crippen LogP contribution < -0.4 is 21.7 Å². The molecule has 3 heterocycles. The van der Waals surface area contributed by atoms with Crippen LogP contribution in [0, 0.1) is 0 Å². The Balaban J connectivity index is 2.15. The molecule has 0 fully saturated rings. The van der Waals surface area contributed by atoms with Crippen LogP contribution in [-0.2, 0) is 13.1 Å². The SMILES string of the molecule is CC=C(F)C(Cn1c(=O)n(-c2ccc(OC)nn2)c(=O)c2c(CN(C)C)c(-c3ccc(N)cc3)sc21)=C(C)F. The summed E-state index contributed by atoms with van der Waals surface area (Å²) in [5.41, 5.74) is 6.18. The molecule has 0 unspecified atom stereocenters. The number of benzene rings is 1. The molecular formula is C27H28F2N6O3S. The van der Waals surface area contributed by atoms with Gasteiger partial charge in [-0.05, 0) is 57.3 Å². The second-order valence-electron chi connectivity index (χ2n) is 9.04. The van der Waals surface area contributed by atoms with E-state index in [1.54, 1.807) is 12.1 Å². The molecular weight excluding hydrogens is 526 g/mol. The van der Waals surface area contributed by atoms with Gasteiger partial charge in [-0.2, -0.15) is 0 Å². The Morgan fingerprint density at radius 2 is 1.82 bits per heavy atom. The van der Waals surface area contributed by atoms with Crippen LogP contribution >= 0.6 is 11.3 Å². The summed E-state index contributed by atoms with van der Waals surface area (Å²) in [6.07, 6.45) is 1.12. The highest BCUT2D eigenvalue weighted by atomic mass is 32.1. The van der Waals surface area contributed by atoms with Crippen molar-refractivity contribution in [2.45, 2.75) is 26.9 Å². The van der Waals surface area contributed by atoms with E-state index in [0.717, 1.165) is 28.0 Å². The summed E-state index contributed by atoms with van der Waals surface area (Å²) < 4.78 is 36.4. The molecule has 3 aromatic heterocycles. The fraction of sp³-hybridized carbons (Fsp3) is 0.259. The maximum Gasteiger partial charge on any atom is 0.338 e. The van der Waals surface area contributed by atoms with Gasteiger partial charge in [0.2, 0.25) is 5.88 Å². The zero-order valence-corrected chi connectivity index (χ0v) is 23.0. The number of thiophene rings is 1. The smallest absolute Gasteiger partial charge is 0.338 e. The Kier molecular flexibility index (Phi) is 8.07. The molecule has 0 aliphatic rings. The quantitative estimate of drug-likeness (QED) is 0.253. The van der Waals surface area contributed by atoms with Crippen LogP contribution in [-0.4, -0.2) is 45.4 Å². The first-order chi connectivity index (χ1) is 18.6. The highest BCUT2D eigenvalue weighted by Gasteiger charge is 2.26. The van der Waals surface area contributed by atoms with Crippen molar-refractivity contribution in [3.8, 4) is 22.1 Å². The third-order valence-electron chi connectivity index (χ3n) is 6.06. The first-order valence-corrected chi connectivity index (χ1v) is 12.8. The molecule has 0 amide bonds. The van der Waals surface area contributed by atoms with Crippen LogP contribution in [0.5, 0.6) is 5.88 Å². The van der Waals surface area contributed by atoms with E-state index in [1.807, 2.05) is 31.1 Å². The molecule has 0 spiro atoms. The van der Waals surface area contributed by atoms with Gasteiger partial charge in [-0.15, -0.1) is 21.5 Å². The maximum absolute atomic E-state index is 14.7. The molecule has 0 radical (unpaired) electrons. The van der Waals surface area contributed by atoms with Gasteiger partial charge < -0.3 is 15.4 Å². The zero-order valence-electron chi connectivity index (χ0n) is 22.2. The molecule has 204 valence electrons. The van der Waals surface area contributed by atoms with Crippen molar-refractivity contribution in [2.75, 3.05) is 26.9 Å². The lowest BCUT2D eigenvalue weighted by Gasteiger charge is -2.15. The molecule has 12 heteroatoms. The molecule has 4 aromatic rings. The molecule has 0 saturated heterocycles. The monoisotopic (exact) mass is 554 g/mol. The van der Waals surface area contributed by atoms with Crippen molar-refractivity contribution in [1.29, 1.82) is 0 Å². The van der Waals surface area contributed by atoms with Gasteiger partial charge >= 0.3 is 5.69 Å². The number of anilines is 1. The fourth-order valence-electron chi connectivity index (χ4n) is 4.17. The summed E-state index contributed by atoms with van der Waals surface area (Å²) in [5, 5.41) is 8.14. The van der Waals surface area contributed by atoms with E-state index in [9.17, 15) is 18.4 Å². The van der Waals surface area contributed by atoms with Gasteiger partial charge in [0.15, 0.2) is 5.82 Å². The van der Waals surface area contributed by atoms with E-state index in [-0.39, 0.29) is 27.5 Å². The van der Waals surface area contributed by atoms with E-state index in [2.05, 4.69) is 10.2 Å². The number of nitrogens with zero attached hydrogens (tertiary/aromatic N) is 5. The number of rotatable bonds is 8. The molecule has 1 aromatic carbocycles. The van der Waals surface area contributed by atoms with Crippen LogP contribution in [0.3, 0.4) is 0 Å². The number of methoxy groups -OCH3 is 1. The van der Waals surface area contributed by atoms with Crippen molar-refractivity contribution in [1.82, 2.24) is 24.2 Å². The number of hydrogen-bond donors (Lipinski definition) is 1. The molecule has 9 nitrogen and oxygen atoms in total. The molecule has 0 bridgehead atoms. The second-order valence-corrected chi connectivity index (χ2v) is 10.0. The van der Waals surface area contributed by atoms with Crippen LogP contribution in [0.25, 0.3) is 26.5 Å². The first kappa shape index (κ1) is 27.9. The highest BCUT2D eigenvalue weighted by Crippen LogP contribution is 2.38. The van der Waals surface area contributed by atoms with E-state index < -0.39 is 29.4 Å². The number of hydrogen-bond acceptors (Lipinski definition) is 8. The Hall–Kier alpha value is -4.16. The van der Waals surface area contributed by atoms with Gasteiger partial charge in [0.05, 0.1) is 19.0 Å². The van der Waals surface area contributed by atoms with E-state index in [4.69, 9.17) is 10.5 Å². The molecule has 0 saturated carbocycles. The van der Waals surface area contributed by atoms with E-state index in [1.165, 1.54) is 42.1 Å². The minimum absolute atomic E-state index is 0.0495. The Morgan fingerprint density at radius 1 is 1.13 bits per heavy atom. The third-order valence-corrected chi connectivity index (χ3v) is 7.36. The number of halogens is 2. The summed E-state index contributed by atoms with van der Waals surface area (Å²) in [5.74, 6) is -1.44. The van der Waals surface area contributed by atoms with Crippen LogP contribution in [0.15, 0.2) is 69.3 Å². The minimum Gasteiger partial charge on any atom is -0.480 e. The number of ether oxygens (including phenoxy) is 1.